The number of nitrogens with zero attached hydrogens (tertiary/aromatic N) is 1. The van der Waals surface area contributed by atoms with Crippen molar-refractivity contribution in [1.82, 2.24) is 0 Å². The molecule has 2 aromatic carbocycles. The van der Waals surface area contributed by atoms with Gasteiger partial charge >= 0.3 is 0 Å². The van der Waals surface area contributed by atoms with Crippen molar-refractivity contribution in [1.29, 1.82) is 0 Å². The molecule has 19 heavy (non-hydrogen) atoms. The Bertz CT molecular complexity index is 609. The molecule has 3 heteroatoms. The maximum atomic E-state index is 6.23. The second kappa shape index (κ2) is 4.50. The lowest BCUT2D eigenvalue weighted by molar-refractivity contribution is 0.417. The quantitative estimate of drug-likeness (QED) is 0.835. The first-order valence-corrected chi connectivity index (χ1v) is 6.52. The van der Waals surface area contributed by atoms with Crippen molar-refractivity contribution in [2.75, 3.05) is 17.7 Å². The lowest BCUT2D eigenvalue weighted by atomic mass is 10.1. The van der Waals surface area contributed by atoms with E-state index in [1.807, 2.05) is 12.1 Å². The molecule has 1 aliphatic heterocycles. The van der Waals surface area contributed by atoms with Gasteiger partial charge in [0.05, 0.1) is 18.5 Å². The fraction of sp³-hybridized carbons (Fsp3) is 0.250. The molecule has 1 atom stereocenters. The highest BCUT2D eigenvalue weighted by molar-refractivity contribution is 5.82. The number of hydrogen-bond acceptors (Lipinski definition) is 3. The molecule has 0 saturated carbocycles. The van der Waals surface area contributed by atoms with E-state index in [2.05, 4.69) is 42.2 Å². The van der Waals surface area contributed by atoms with Crippen LogP contribution in [0.1, 0.15) is 12.5 Å². The standard InChI is InChI=1S/C16H18N2O/c1-11-10-12-6-3-4-7-13(12)18(11)14-8-5-9-15(19-2)16(14)17/h3-9,11H,10,17H2,1-2H3. The number of anilines is 3. The number of rotatable bonds is 2. The second-order valence-corrected chi connectivity index (χ2v) is 4.94. The Balaban J connectivity index is 2.12. The predicted octanol–water partition coefficient (Wildman–Crippen LogP) is 3.36. The van der Waals surface area contributed by atoms with Crippen LogP contribution in [0.4, 0.5) is 17.1 Å². The summed E-state index contributed by atoms with van der Waals surface area (Å²) in [4.78, 5) is 2.30. The predicted molar refractivity (Wildman–Crippen MR) is 79.2 cm³/mol. The number of nitrogens with two attached hydrogens (primary N) is 1. The summed E-state index contributed by atoms with van der Waals surface area (Å²) in [6, 6.07) is 14.8. The maximum Gasteiger partial charge on any atom is 0.143 e. The molecule has 1 unspecified atom stereocenters. The zero-order valence-corrected chi connectivity index (χ0v) is 11.3. The smallest absolute Gasteiger partial charge is 0.143 e. The summed E-state index contributed by atoms with van der Waals surface area (Å²) in [6.07, 6.45) is 1.05. The Kier molecular flexibility index (Phi) is 2.82. The number of para-hydroxylation sites is 2. The third kappa shape index (κ3) is 1.82. The van der Waals surface area contributed by atoms with Gasteiger partial charge in [0.15, 0.2) is 0 Å². The topological polar surface area (TPSA) is 38.5 Å². The van der Waals surface area contributed by atoms with Gasteiger partial charge in [-0.2, -0.15) is 0 Å². The summed E-state index contributed by atoms with van der Waals surface area (Å²) < 4.78 is 5.32. The molecule has 98 valence electrons. The van der Waals surface area contributed by atoms with Gasteiger partial charge in [-0.15, -0.1) is 0 Å². The molecule has 0 aliphatic carbocycles. The summed E-state index contributed by atoms with van der Waals surface area (Å²) in [5.74, 6) is 0.731. The molecule has 0 radical (unpaired) electrons. The van der Waals surface area contributed by atoms with E-state index < -0.39 is 0 Å². The molecule has 0 amide bonds. The molecule has 1 heterocycles. The van der Waals surface area contributed by atoms with Gasteiger partial charge in [-0.05, 0) is 37.1 Å². The van der Waals surface area contributed by atoms with E-state index in [1.165, 1.54) is 11.3 Å². The van der Waals surface area contributed by atoms with E-state index in [1.54, 1.807) is 7.11 Å². The number of methoxy groups -OCH3 is 1. The van der Waals surface area contributed by atoms with Crippen LogP contribution in [0.15, 0.2) is 42.5 Å². The Hall–Kier alpha value is -2.16. The molecule has 0 fully saturated rings. The normalized spacial score (nSPS) is 17.4. The zero-order valence-electron chi connectivity index (χ0n) is 11.3. The molecule has 3 rings (SSSR count). The van der Waals surface area contributed by atoms with Gasteiger partial charge in [-0.3, -0.25) is 0 Å². The SMILES string of the molecule is COc1cccc(N2c3ccccc3CC2C)c1N. The molecule has 0 aromatic heterocycles. The molecule has 0 bridgehead atoms. The Morgan fingerprint density at radius 3 is 2.63 bits per heavy atom. The monoisotopic (exact) mass is 254 g/mol. The third-order valence-electron chi connectivity index (χ3n) is 3.73. The van der Waals surface area contributed by atoms with Crippen molar-refractivity contribution >= 4 is 17.1 Å². The minimum absolute atomic E-state index is 0.409. The summed E-state index contributed by atoms with van der Waals surface area (Å²) in [5.41, 5.74) is 10.6. The molecule has 3 nitrogen and oxygen atoms in total. The van der Waals surface area contributed by atoms with Crippen molar-refractivity contribution in [2.24, 2.45) is 0 Å². The largest absolute Gasteiger partial charge is 0.495 e. The van der Waals surface area contributed by atoms with Gasteiger partial charge in [0.1, 0.15) is 5.75 Å². The first kappa shape index (κ1) is 11.9. The van der Waals surface area contributed by atoms with Gasteiger partial charge in [0.2, 0.25) is 0 Å². The number of ether oxygens (including phenoxy) is 1. The molecular formula is C16H18N2O. The van der Waals surface area contributed by atoms with E-state index in [-0.39, 0.29) is 0 Å². The second-order valence-electron chi connectivity index (χ2n) is 4.94. The summed E-state index contributed by atoms with van der Waals surface area (Å²) >= 11 is 0. The Morgan fingerprint density at radius 1 is 1.11 bits per heavy atom. The lowest BCUT2D eigenvalue weighted by Crippen LogP contribution is -2.24. The minimum Gasteiger partial charge on any atom is -0.495 e. The fourth-order valence-corrected chi connectivity index (χ4v) is 2.85. The van der Waals surface area contributed by atoms with Crippen molar-refractivity contribution in [2.45, 2.75) is 19.4 Å². The average Bonchev–Trinajstić information content (AvgIpc) is 2.75. The van der Waals surface area contributed by atoms with E-state index in [4.69, 9.17) is 10.5 Å². The average molecular weight is 254 g/mol. The van der Waals surface area contributed by atoms with Crippen LogP contribution in [0, 0.1) is 0 Å². The van der Waals surface area contributed by atoms with E-state index in [9.17, 15) is 0 Å². The Morgan fingerprint density at radius 2 is 1.84 bits per heavy atom. The Labute approximate surface area is 113 Å². The van der Waals surface area contributed by atoms with Crippen molar-refractivity contribution in [3.63, 3.8) is 0 Å². The molecular weight excluding hydrogens is 236 g/mol. The van der Waals surface area contributed by atoms with Crippen LogP contribution < -0.4 is 15.4 Å². The highest BCUT2D eigenvalue weighted by Crippen LogP contribution is 2.42. The van der Waals surface area contributed by atoms with E-state index in [0.717, 1.165) is 17.9 Å². The molecule has 1 aliphatic rings. The molecule has 0 spiro atoms. The molecule has 2 N–H and O–H groups in total. The summed E-state index contributed by atoms with van der Waals surface area (Å²) in [6.45, 7) is 2.22. The summed E-state index contributed by atoms with van der Waals surface area (Å²) in [5, 5.41) is 0. The van der Waals surface area contributed by atoms with E-state index >= 15 is 0 Å². The van der Waals surface area contributed by atoms with Gasteiger partial charge < -0.3 is 15.4 Å². The first-order chi connectivity index (χ1) is 9.22. The first-order valence-electron chi connectivity index (χ1n) is 6.52. The van der Waals surface area contributed by atoms with Crippen LogP contribution in [-0.2, 0) is 6.42 Å². The van der Waals surface area contributed by atoms with Crippen LogP contribution in [0.2, 0.25) is 0 Å². The molecule has 2 aromatic rings. The maximum absolute atomic E-state index is 6.23. The molecule has 0 saturated heterocycles. The van der Waals surface area contributed by atoms with Crippen LogP contribution in [0.25, 0.3) is 0 Å². The van der Waals surface area contributed by atoms with Gasteiger partial charge in [-0.25, -0.2) is 0 Å². The van der Waals surface area contributed by atoms with Gasteiger partial charge in [0, 0.05) is 11.7 Å². The number of hydrogen-bond donors (Lipinski definition) is 1. The van der Waals surface area contributed by atoms with Crippen molar-refractivity contribution < 1.29 is 4.74 Å². The van der Waals surface area contributed by atoms with E-state index in [0.29, 0.717) is 11.7 Å². The van der Waals surface area contributed by atoms with Crippen LogP contribution in [0.3, 0.4) is 0 Å². The highest BCUT2D eigenvalue weighted by Gasteiger charge is 2.28. The number of nitrogen functional groups attached to an aromatic ring is 1. The fourth-order valence-electron chi connectivity index (χ4n) is 2.85. The minimum atomic E-state index is 0.409. The van der Waals surface area contributed by atoms with Crippen LogP contribution in [-0.4, -0.2) is 13.2 Å². The van der Waals surface area contributed by atoms with Crippen LogP contribution >= 0.6 is 0 Å². The highest BCUT2D eigenvalue weighted by atomic mass is 16.5. The zero-order chi connectivity index (χ0) is 13.4. The van der Waals surface area contributed by atoms with Gasteiger partial charge in [0.25, 0.3) is 0 Å². The van der Waals surface area contributed by atoms with Crippen LogP contribution in [0.5, 0.6) is 5.75 Å². The number of fused-ring (bicyclic) bond motifs is 1. The van der Waals surface area contributed by atoms with Crippen molar-refractivity contribution in [3.05, 3.63) is 48.0 Å². The van der Waals surface area contributed by atoms with Crippen molar-refractivity contribution in [3.8, 4) is 5.75 Å². The van der Waals surface area contributed by atoms with Gasteiger partial charge in [-0.1, -0.05) is 24.3 Å². The third-order valence-corrected chi connectivity index (χ3v) is 3.73. The summed E-state index contributed by atoms with van der Waals surface area (Å²) in [7, 11) is 1.65. The lowest BCUT2D eigenvalue weighted by Gasteiger charge is -2.27. The number of benzene rings is 2.